The predicted molar refractivity (Wildman–Crippen MR) is 66.3 cm³/mol. The first-order valence-electron chi connectivity index (χ1n) is 5.88. The van der Waals surface area contributed by atoms with E-state index in [2.05, 4.69) is 19.2 Å². The lowest BCUT2D eigenvalue weighted by Crippen LogP contribution is -2.46. The molecule has 4 nitrogen and oxygen atoms in total. The van der Waals surface area contributed by atoms with Gasteiger partial charge in [0.25, 0.3) is 0 Å². The van der Waals surface area contributed by atoms with E-state index in [9.17, 15) is 4.79 Å². The SMILES string of the molecule is CC(C)CC(C)(C)NC(=O)OC(C)C(C)N. The number of rotatable bonds is 5. The van der Waals surface area contributed by atoms with E-state index in [4.69, 9.17) is 10.5 Å². The first-order chi connectivity index (χ1) is 7.14. The zero-order chi connectivity index (χ0) is 12.9. The Morgan fingerprint density at radius 3 is 2.19 bits per heavy atom. The third kappa shape index (κ3) is 6.67. The zero-order valence-electron chi connectivity index (χ0n) is 11.3. The Morgan fingerprint density at radius 2 is 1.81 bits per heavy atom. The van der Waals surface area contributed by atoms with E-state index in [1.807, 2.05) is 20.8 Å². The van der Waals surface area contributed by atoms with Crippen molar-refractivity contribution in [3.63, 3.8) is 0 Å². The normalized spacial score (nSPS) is 15.8. The van der Waals surface area contributed by atoms with Crippen molar-refractivity contribution in [1.82, 2.24) is 5.32 Å². The minimum absolute atomic E-state index is 0.154. The Labute approximate surface area is 98.9 Å². The topological polar surface area (TPSA) is 64.3 Å². The van der Waals surface area contributed by atoms with E-state index < -0.39 is 6.09 Å². The molecule has 0 aromatic heterocycles. The summed E-state index contributed by atoms with van der Waals surface area (Å²) in [6, 6.07) is -0.154. The number of ether oxygens (including phenoxy) is 1. The van der Waals surface area contributed by atoms with Crippen LogP contribution in [0.1, 0.15) is 48.0 Å². The monoisotopic (exact) mass is 230 g/mol. The van der Waals surface area contributed by atoms with Crippen LogP contribution in [0.2, 0.25) is 0 Å². The fourth-order valence-electron chi connectivity index (χ4n) is 1.65. The van der Waals surface area contributed by atoms with E-state index >= 15 is 0 Å². The van der Waals surface area contributed by atoms with Crippen LogP contribution in [-0.4, -0.2) is 23.8 Å². The number of hydrogen-bond acceptors (Lipinski definition) is 3. The molecule has 0 fully saturated rings. The second-order valence-corrected chi connectivity index (χ2v) is 5.58. The van der Waals surface area contributed by atoms with Crippen molar-refractivity contribution in [2.45, 2.75) is 65.6 Å². The highest BCUT2D eigenvalue weighted by molar-refractivity contribution is 5.68. The van der Waals surface area contributed by atoms with E-state index in [1.165, 1.54) is 0 Å². The van der Waals surface area contributed by atoms with Crippen LogP contribution in [-0.2, 0) is 4.74 Å². The molecule has 0 saturated heterocycles. The molecule has 0 aliphatic rings. The van der Waals surface area contributed by atoms with Crippen LogP contribution in [0.25, 0.3) is 0 Å². The summed E-state index contributed by atoms with van der Waals surface area (Å²) in [5, 5.41) is 2.86. The molecule has 0 rings (SSSR count). The van der Waals surface area contributed by atoms with Gasteiger partial charge in [-0.25, -0.2) is 4.79 Å². The average Bonchev–Trinajstić information content (AvgIpc) is 1.98. The largest absolute Gasteiger partial charge is 0.445 e. The quantitative estimate of drug-likeness (QED) is 0.761. The molecule has 2 unspecified atom stereocenters. The van der Waals surface area contributed by atoms with Crippen LogP contribution in [0.15, 0.2) is 0 Å². The molecule has 0 radical (unpaired) electrons. The number of alkyl carbamates (subject to hydrolysis) is 1. The Bertz CT molecular complexity index is 225. The first kappa shape index (κ1) is 15.2. The summed E-state index contributed by atoms with van der Waals surface area (Å²) in [4.78, 5) is 11.6. The molecule has 0 aromatic rings. The summed E-state index contributed by atoms with van der Waals surface area (Å²) in [6.07, 6.45) is 0.250. The van der Waals surface area contributed by atoms with Gasteiger partial charge in [-0.2, -0.15) is 0 Å². The molecule has 4 heteroatoms. The highest BCUT2D eigenvalue weighted by Crippen LogP contribution is 2.15. The molecule has 0 spiro atoms. The van der Waals surface area contributed by atoms with Gasteiger partial charge in [0.15, 0.2) is 0 Å². The molecule has 2 atom stereocenters. The van der Waals surface area contributed by atoms with Gasteiger partial charge in [-0.3, -0.25) is 0 Å². The first-order valence-corrected chi connectivity index (χ1v) is 5.88. The smallest absolute Gasteiger partial charge is 0.407 e. The summed E-state index contributed by atoms with van der Waals surface area (Å²) in [5.41, 5.74) is 5.38. The third-order valence-corrected chi connectivity index (χ3v) is 2.39. The zero-order valence-corrected chi connectivity index (χ0v) is 11.3. The van der Waals surface area contributed by atoms with Crippen molar-refractivity contribution in [2.24, 2.45) is 11.7 Å². The van der Waals surface area contributed by atoms with Crippen molar-refractivity contribution >= 4 is 6.09 Å². The van der Waals surface area contributed by atoms with Gasteiger partial charge in [0.1, 0.15) is 6.10 Å². The molecule has 0 bridgehead atoms. The van der Waals surface area contributed by atoms with Crippen molar-refractivity contribution in [3.05, 3.63) is 0 Å². The molecule has 0 aromatic carbocycles. The van der Waals surface area contributed by atoms with E-state index in [0.29, 0.717) is 5.92 Å². The fourth-order valence-corrected chi connectivity index (χ4v) is 1.65. The maximum absolute atomic E-state index is 11.6. The lowest BCUT2D eigenvalue weighted by Gasteiger charge is -2.28. The standard InChI is InChI=1S/C12H26N2O2/c1-8(2)7-12(5,6)14-11(15)16-10(4)9(3)13/h8-10H,7,13H2,1-6H3,(H,14,15). The molecule has 0 heterocycles. The van der Waals surface area contributed by atoms with Crippen molar-refractivity contribution < 1.29 is 9.53 Å². The Hall–Kier alpha value is -0.770. The van der Waals surface area contributed by atoms with Crippen LogP contribution in [0.3, 0.4) is 0 Å². The van der Waals surface area contributed by atoms with E-state index in [0.717, 1.165) is 6.42 Å². The van der Waals surface area contributed by atoms with Gasteiger partial charge in [-0.15, -0.1) is 0 Å². The molecular weight excluding hydrogens is 204 g/mol. The number of hydrogen-bond donors (Lipinski definition) is 2. The summed E-state index contributed by atoms with van der Waals surface area (Å²) < 4.78 is 5.15. The fraction of sp³-hybridized carbons (Fsp3) is 0.917. The highest BCUT2D eigenvalue weighted by atomic mass is 16.6. The van der Waals surface area contributed by atoms with Crippen LogP contribution < -0.4 is 11.1 Å². The molecular formula is C12H26N2O2. The minimum Gasteiger partial charge on any atom is -0.445 e. The molecule has 96 valence electrons. The van der Waals surface area contributed by atoms with Gasteiger partial charge in [-0.05, 0) is 40.0 Å². The summed E-state index contributed by atoms with van der Waals surface area (Å²) in [7, 11) is 0. The van der Waals surface area contributed by atoms with Gasteiger partial charge < -0.3 is 15.8 Å². The maximum atomic E-state index is 11.6. The molecule has 0 aliphatic carbocycles. The molecule has 0 saturated carbocycles. The van der Waals surface area contributed by atoms with E-state index in [1.54, 1.807) is 6.92 Å². The number of carbonyl (C=O) groups is 1. The van der Waals surface area contributed by atoms with Crippen molar-refractivity contribution in [2.75, 3.05) is 0 Å². The average molecular weight is 230 g/mol. The summed E-state index contributed by atoms with van der Waals surface area (Å²) in [6.45, 7) is 11.8. The molecule has 0 aliphatic heterocycles. The van der Waals surface area contributed by atoms with Gasteiger partial charge >= 0.3 is 6.09 Å². The van der Waals surface area contributed by atoms with Crippen LogP contribution >= 0.6 is 0 Å². The number of carbonyl (C=O) groups excluding carboxylic acids is 1. The Balaban J connectivity index is 4.13. The molecule has 1 amide bonds. The summed E-state index contributed by atoms with van der Waals surface area (Å²) in [5.74, 6) is 0.529. The summed E-state index contributed by atoms with van der Waals surface area (Å²) >= 11 is 0. The van der Waals surface area contributed by atoms with Crippen LogP contribution in [0.5, 0.6) is 0 Å². The third-order valence-electron chi connectivity index (χ3n) is 2.39. The predicted octanol–water partition coefficient (Wildman–Crippen LogP) is 2.27. The van der Waals surface area contributed by atoms with Gasteiger partial charge in [0.2, 0.25) is 0 Å². The number of nitrogens with two attached hydrogens (primary N) is 1. The second kappa shape index (κ2) is 6.09. The van der Waals surface area contributed by atoms with Gasteiger partial charge in [0.05, 0.1) is 0 Å². The van der Waals surface area contributed by atoms with Crippen LogP contribution in [0.4, 0.5) is 4.79 Å². The van der Waals surface area contributed by atoms with Crippen molar-refractivity contribution in [1.29, 1.82) is 0 Å². The second-order valence-electron chi connectivity index (χ2n) is 5.58. The number of amides is 1. The Morgan fingerprint density at radius 1 is 1.31 bits per heavy atom. The minimum atomic E-state index is -0.393. The van der Waals surface area contributed by atoms with E-state index in [-0.39, 0.29) is 17.7 Å². The van der Waals surface area contributed by atoms with Crippen LogP contribution in [0, 0.1) is 5.92 Å². The van der Waals surface area contributed by atoms with Gasteiger partial charge in [-0.1, -0.05) is 13.8 Å². The Kier molecular flexibility index (Phi) is 5.79. The van der Waals surface area contributed by atoms with Gasteiger partial charge in [0, 0.05) is 11.6 Å². The lowest BCUT2D eigenvalue weighted by atomic mass is 9.93. The highest BCUT2D eigenvalue weighted by Gasteiger charge is 2.23. The van der Waals surface area contributed by atoms with Crippen molar-refractivity contribution in [3.8, 4) is 0 Å². The lowest BCUT2D eigenvalue weighted by molar-refractivity contribution is 0.0867. The molecule has 3 N–H and O–H groups in total. The number of nitrogens with one attached hydrogen (secondary N) is 1. The maximum Gasteiger partial charge on any atom is 0.407 e. The molecule has 16 heavy (non-hydrogen) atoms.